The normalized spacial score (nSPS) is 26.4. The zero-order chi connectivity index (χ0) is 20.9. The highest BCUT2D eigenvalue weighted by atomic mass is 16.5. The number of rotatable bonds is 4. The lowest BCUT2D eigenvalue weighted by Crippen LogP contribution is -2.40. The van der Waals surface area contributed by atoms with Crippen LogP contribution in [0, 0.1) is 12.8 Å². The highest BCUT2D eigenvalue weighted by molar-refractivity contribution is 5.95. The van der Waals surface area contributed by atoms with Gasteiger partial charge in [0.2, 0.25) is 0 Å². The van der Waals surface area contributed by atoms with Gasteiger partial charge < -0.3 is 15.2 Å². The van der Waals surface area contributed by atoms with E-state index in [1.54, 1.807) is 6.07 Å². The van der Waals surface area contributed by atoms with Crippen molar-refractivity contribution in [2.75, 3.05) is 39.1 Å². The number of ether oxygens (including phenoxy) is 2. The number of nitrogens with two attached hydrogens (primary N) is 1. The number of methoxy groups -OCH3 is 1. The van der Waals surface area contributed by atoms with Crippen LogP contribution < -0.4 is 5.73 Å². The minimum Gasteiger partial charge on any atom is -0.465 e. The average Bonchev–Trinajstić information content (AvgIpc) is 3.35. The molecule has 1 saturated carbocycles. The van der Waals surface area contributed by atoms with Crippen molar-refractivity contribution >= 4 is 11.8 Å². The van der Waals surface area contributed by atoms with E-state index in [2.05, 4.69) is 34.1 Å². The van der Waals surface area contributed by atoms with Gasteiger partial charge in [0.1, 0.15) is 11.4 Å². The number of piperidine rings is 1. The van der Waals surface area contributed by atoms with Crippen LogP contribution in [0.1, 0.15) is 40.9 Å². The molecule has 3 fully saturated rings. The number of likely N-dealkylation sites (tertiary alicyclic amines) is 1. The second-order valence-corrected chi connectivity index (χ2v) is 8.95. The Kier molecular flexibility index (Phi) is 4.79. The monoisotopic (exact) mass is 407 g/mol. The molecule has 3 aliphatic rings. The Bertz CT molecular complexity index is 968. The van der Waals surface area contributed by atoms with Crippen molar-refractivity contribution in [3.63, 3.8) is 0 Å². The van der Waals surface area contributed by atoms with Crippen molar-refractivity contribution in [1.82, 2.24) is 9.88 Å². The molecule has 158 valence electrons. The summed E-state index contributed by atoms with van der Waals surface area (Å²) < 4.78 is 10.4. The molecular weight excluding hydrogens is 378 g/mol. The summed E-state index contributed by atoms with van der Waals surface area (Å²) >= 11 is 0. The molecule has 0 spiro atoms. The molecule has 2 aliphatic heterocycles. The maximum absolute atomic E-state index is 12.0. The maximum atomic E-state index is 12.0. The quantitative estimate of drug-likeness (QED) is 0.785. The van der Waals surface area contributed by atoms with Crippen molar-refractivity contribution < 1.29 is 14.3 Å². The van der Waals surface area contributed by atoms with Crippen molar-refractivity contribution in [2.24, 2.45) is 5.92 Å². The van der Waals surface area contributed by atoms with E-state index in [-0.39, 0.29) is 5.82 Å². The minimum atomic E-state index is -0.461. The van der Waals surface area contributed by atoms with Gasteiger partial charge >= 0.3 is 5.97 Å². The first kappa shape index (κ1) is 19.5. The summed E-state index contributed by atoms with van der Waals surface area (Å²) in [4.78, 5) is 19.1. The molecule has 1 aromatic heterocycles. The number of nitrogens with zero attached hydrogens (tertiary/aromatic N) is 2. The van der Waals surface area contributed by atoms with Gasteiger partial charge in [-0.25, -0.2) is 9.78 Å². The van der Waals surface area contributed by atoms with Gasteiger partial charge in [-0.1, -0.05) is 24.3 Å². The minimum absolute atomic E-state index is 0.207. The molecule has 0 radical (unpaired) electrons. The van der Waals surface area contributed by atoms with Gasteiger partial charge in [0, 0.05) is 49.0 Å². The van der Waals surface area contributed by atoms with Gasteiger partial charge in [-0.3, -0.25) is 4.90 Å². The molecule has 3 heterocycles. The third-order valence-corrected chi connectivity index (χ3v) is 7.30. The molecule has 6 nitrogen and oxygen atoms in total. The van der Waals surface area contributed by atoms with Crippen LogP contribution in [0.5, 0.6) is 0 Å². The molecular formula is C24H29N3O3. The first-order valence-corrected chi connectivity index (χ1v) is 10.8. The lowest BCUT2D eigenvalue weighted by atomic mass is 9.92. The van der Waals surface area contributed by atoms with Crippen molar-refractivity contribution in [3.8, 4) is 11.1 Å². The molecule has 1 aliphatic carbocycles. The Morgan fingerprint density at radius 2 is 2.00 bits per heavy atom. The number of pyridine rings is 1. The number of aryl methyl sites for hydroxylation is 1. The number of aromatic nitrogens is 1. The number of hydrogen-bond donors (Lipinski definition) is 1. The molecule has 1 aromatic carbocycles. The Morgan fingerprint density at radius 1 is 1.27 bits per heavy atom. The van der Waals surface area contributed by atoms with E-state index >= 15 is 0 Å². The van der Waals surface area contributed by atoms with Gasteiger partial charge in [-0.05, 0) is 49.3 Å². The zero-order valence-corrected chi connectivity index (χ0v) is 17.7. The summed E-state index contributed by atoms with van der Waals surface area (Å²) in [6.45, 7) is 6.09. The second kappa shape index (κ2) is 7.36. The van der Waals surface area contributed by atoms with Gasteiger partial charge in [0.05, 0.1) is 7.11 Å². The summed E-state index contributed by atoms with van der Waals surface area (Å²) in [6, 6.07) is 11.3. The van der Waals surface area contributed by atoms with Gasteiger partial charge in [-0.2, -0.15) is 0 Å². The van der Waals surface area contributed by atoms with Crippen LogP contribution in [0.3, 0.4) is 0 Å². The predicted molar refractivity (Wildman–Crippen MR) is 115 cm³/mol. The molecule has 2 saturated heterocycles. The van der Waals surface area contributed by atoms with Crippen molar-refractivity contribution in [2.45, 2.75) is 37.6 Å². The third kappa shape index (κ3) is 3.19. The summed E-state index contributed by atoms with van der Waals surface area (Å²) in [5.74, 6) is 0.521. The lowest BCUT2D eigenvalue weighted by molar-refractivity contribution is 0.0378. The van der Waals surface area contributed by atoms with E-state index in [4.69, 9.17) is 15.2 Å². The highest BCUT2D eigenvalue weighted by Crippen LogP contribution is 2.59. The molecule has 0 amide bonds. The van der Waals surface area contributed by atoms with E-state index < -0.39 is 5.97 Å². The molecule has 6 heteroatoms. The molecule has 0 unspecified atom stereocenters. The number of anilines is 1. The maximum Gasteiger partial charge on any atom is 0.341 e. The second-order valence-electron chi connectivity index (χ2n) is 8.95. The number of hydrogen-bond acceptors (Lipinski definition) is 6. The lowest BCUT2D eigenvalue weighted by Gasteiger charge is -2.33. The van der Waals surface area contributed by atoms with Crippen LogP contribution in [-0.4, -0.2) is 55.3 Å². The predicted octanol–water partition coefficient (Wildman–Crippen LogP) is 3.18. The summed E-state index contributed by atoms with van der Waals surface area (Å²) in [6.07, 6.45) is 3.61. The van der Waals surface area contributed by atoms with E-state index in [0.717, 1.165) is 55.3 Å². The summed E-state index contributed by atoms with van der Waals surface area (Å²) in [5, 5.41) is 0. The fourth-order valence-electron chi connectivity index (χ4n) is 5.47. The Hall–Kier alpha value is -2.44. The first-order valence-electron chi connectivity index (χ1n) is 10.8. The van der Waals surface area contributed by atoms with Gasteiger partial charge in [-0.15, -0.1) is 0 Å². The van der Waals surface area contributed by atoms with E-state index in [1.807, 2.05) is 6.92 Å². The summed E-state index contributed by atoms with van der Waals surface area (Å²) in [7, 11) is 1.35. The zero-order valence-electron chi connectivity index (χ0n) is 17.7. The molecule has 30 heavy (non-hydrogen) atoms. The Labute approximate surface area is 177 Å². The number of esters is 1. The molecule has 2 atom stereocenters. The number of fused-ring (bicyclic) bond motifs is 1. The Morgan fingerprint density at radius 3 is 2.70 bits per heavy atom. The SMILES string of the molecule is COC(=O)c1cc(-c2ccc([C@@]34C[C@@H]3CN(C3CCOCC3)C4)cc2)c(C)nc1N. The first-order chi connectivity index (χ1) is 14.5. The molecule has 0 bridgehead atoms. The number of benzene rings is 1. The van der Waals surface area contributed by atoms with E-state index in [1.165, 1.54) is 25.6 Å². The smallest absolute Gasteiger partial charge is 0.341 e. The van der Waals surface area contributed by atoms with Crippen LogP contribution in [0.2, 0.25) is 0 Å². The van der Waals surface area contributed by atoms with Crippen molar-refractivity contribution in [3.05, 3.63) is 47.2 Å². The van der Waals surface area contributed by atoms with Crippen LogP contribution in [0.25, 0.3) is 11.1 Å². The largest absolute Gasteiger partial charge is 0.465 e. The molecule has 5 rings (SSSR count). The topological polar surface area (TPSA) is 77.7 Å². The van der Waals surface area contributed by atoms with E-state index in [9.17, 15) is 4.79 Å². The standard InChI is InChI=1S/C24H29N3O3/c1-15-20(11-21(22(25)26-15)23(28)29-2)16-3-5-17(6-4-16)24-12-18(24)13-27(14-24)19-7-9-30-10-8-19/h3-6,11,18-19H,7-10,12-14H2,1-2H3,(H2,25,26)/t18-,24+/m1/s1. The molecule has 2 aromatic rings. The average molecular weight is 408 g/mol. The van der Waals surface area contributed by atoms with Crippen LogP contribution >= 0.6 is 0 Å². The van der Waals surface area contributed by atoms with Crippen molar-refractivity contribution in [1.29, 1.82) is 0 Å². The fourth-order valence-corrected chi connectivity index (χ4v) is 5.47. The van der Waals surface area contributed by atoms with E-state index in [0.29, 0.717) is 17.0 Å². The van der Waals surface area contributed by atoms with Gasteiger partial charge in [0.25, 0.3) is 0 Å². The molecule has 2 N–H and O–H groups in total. The van der Waals surface area contributed by atoms with Gasteiger partial charge in [0.15, 0.2) is 0 Å². The van der Waals surface area contributed by atoms with Crippen LogP contribution in [-0.2, 0) is 14.9 Å². The summed E-state index contributed by atoms with van der Waals surface area (Å²) in [5.41, 5.74) is 10.8. The number of nitrogen functional groups attached to an aromatic ring is 1. The highest BCUT2D eigenvalue weighted by Gasteiger charge is 2.61. The number of carbonyl (C=O) groups excluding carboxylic acids is 1. The Balaban J connectivity index is 1.38. The number of carbonyl (C=O) groups is 1. The van der Waals surface area contributed by atoms with Crippen LogP contribution in [0.15, 0.2) is 30.3 Å². The van der Waals surface area contributed by atoms with Crippen LogP contribution in [0.4, 0.5) is 5.82 Å². The fraction of sp³-hybridized carbons (Fsp3) is 0.500. The third-order valence-electron chi connectivity index (χ3n) is 7.30.